The maximum Gasteiger partial charge on any atom is 0.214 e. The second-order valence-corrected chi connectivity index (χ2v) is 7.21. The SMILES string of the molecule is CNC1CCN(S(=O)(=O)CC(C)C)CC1C. The van der Waals surface area contributed by atoms with Crippen molar-refractivity contribution in [2.45, 2.75) is 33.2 Å². The van der Waals surface area contributed by atoms with Crippen LogP contribution in [0.1, 0.15) is 27.2 Å². The van der Waals surface area contributed by atoms with Gasteiger partial charge in [-0.25, -0.2) is 12.7 Å². The highest BCUT2D eigenvalue weighted by Gasteiger charge is 2.31. The Morgan fingerprint density at radius 3 is 2.50 bits per heavy atom. The maximum absolute atomic E-state index is 12.0. The van der Waals surface area contributed by atoms with Crippen LogP contribution in [0.5, 0.6) is 0 Å². The van der Waals surface area contributed by atoms with Gasteiger partial charge >= 0.3 is 0 Å². The summed E-state index contributed by atoms with van der Waals surface area (Å²) in [5, 5.41) is 3.24. The molecule has 1 aliphatic heterocycles. The zero-order chi connectivity index (χ0) is 12.3. The Balaban J connectivity index is 2.64. The summed E-state index contributed by atoms with van der Waals surface area (Å²) in [6.45, 7) is 7.31. The molecule has 0 amide bonds. The van der Waals surface area contributed by atoms with Crippen LogP contribution in [0.2, 0.25) is 0 Å². The van der Waals surface area contributed by atoms with Gasteiger partial charge in [0.25, 0.3) is 0 Å². The molecule has 0 aliphatic carbocycles. The van der Waals surface area contributed by atoms with Crippen molar-refractivity contribution in [3.05, 3.63) is 0 Å². The van der Waals surface area contributed by atoms with Crippen LogP contribution in [0.3, 0.4) is 0 Å². The lowest BCUT2D eigenvalue weighted by Gasteiger charge is -2.36. The van der Waals surface area contributed by atoms with Crippen molar-refractivity contribution in [3.8, 4) is 0 Å². The molecular weight excluding hydrogens is 224 g/mol. The van der Waals surface area contributed by atoms with Gasteiger partial charge in [0, 0.05) is 19.1 Å². The Morgan fingerprint density at radius 1 is 1.44 bits per heavy atom. The van der Waals surface area contributed by atoms with E-state index < -0.39 is 10.0 Å². The molecule has 1 rings (SSSR count). The van der Waals surface area contributed by atoms with Gasteiger partial charge in [-0.05, 0) is 25.3 Å². The fraction of sp³-hybridized carbons (Fsp3) is 1.00. The second-order valence-electron chi connectivity index (χ2n) is 5.19. The number of nitrogens with zero attached hydrogens (tertiary/aromatic N) is 1. The largest absolute Gasteiger partial charge is 0.317 e. The minimum absolute atomic E-state index is 0.197. The Hall–Kier alpha value is -0.130. The van der Waals surface area contributed by atoms with E-state index in [-0.39, 0.29) is 11.7 Å². The highest BCUT2D eigenvalue weighted by atomic mass is 32.2. The predicted molar refractivity (Wildman–Crippen MR) is 66.8 cm³/mol. The van der Waals surface area contributed by atoms with Crippen molar-refractivity contribution in [1.82, 2.24) is 9.62 Å². The molecule has 0 radical (unpaired) electrons. The van der Waals surface area contributed by atoms with Crippen LogP contribution in [0, 0.1) is 11.8 Å². The third-order valence-electron chi connectivity index (χ3n) is 3.18. The van der Waals surface area contributed by atoms with E-state index in [0.717, 1.165) is 6.42 Å². The molecule has 0 aromatic carbocycles. The summed E-state index contributed by atoms with van der Waals surface area (Å²) in [6, 6.07) is 0.450. The van der Waals surface area contributed by atoms with Crippen LogP contribution in [-0.4, -0.2) is 44.7 Å². The van der Waals surface area contributed by atoms with Crippen LogP contribution >= 0.6 is 0 Å². The fourth-order valence-electron chi connectivity index (χ4n) is 2.32. The van der Waals surface area contributed by atoms with Crippen LogP contribution in [0.25, 0.3) is 0 Å². The van der Waals surface area contributed by atoms with Gasteiger partial charge in [0.15, 0.2) is 0 Å². The van der Waals surface area contributed by atoms with Crippen LogP contribution in [0.4, 0.5) is 0 Å². The van der Waals surface area contributed by atoms with Gasteiger partial charge in [-0.3, -0.25) is 0 Å². The molecule has 16 heavy (non-hydrogen) atoms. The lowest BCUT2D eigenvalue weighted by molar-refractivity contribution is 0.227. The number of hydrogen-bond donors (Lipinski definition) is 1. The van der Waals surface area contributed by atoms with Crippen LogP contribution in [0.15, 0.2) is 0 Å². The molecule has 0 bridgehead atoms. The van der Waals surface area contributed by atoms with E-state index in [4.69, 9.17) is 0 Å². The van der Waals surface area contributed by atoms with Crippen LogP contribution in [-0.2, 0) is 10.0 Å². The average molecular weight is 248 g/mol. The molecule has 0 spiro atoms. The van der Waals surface area contributed by atoms with E-state index in [1.54, 1.807) is 4.31 Å². The van der Waals surface area contributed by atoms with Gasteiger partial charge in [0.2, 0.25) is 10.0 Å². The van der Waals surface area contributed by atoms with Gasteiger partial charge in [-0.15, -0.1) is 0 Å². The van der Waals surface area contributed by atoms with E-state index in [2.05, 4.69) is 12.2 Å². The number of hydrogen-bond acceptors (Lipinski definition) is 3. The summed E-state index contributed by atoms with van der Waals surface area (Å²) >= 11 is 0. The molecule has 1 heterocycles. The fourth-order valence-corrected chi connectivity index (χ4v) is 4.21. The van der Waals surface area contributed by atoms with Crippen molar-refractivity contribution in [2.75, 3.05) is 25.9 Å². The van der Waals surface area contributed by atoms with Gasteiger partial charge in [-0.1, -0.05) is 20.8 Å². The minimum atomic E-state index is -3.04. The highest BCUT2D eigenvalue weighted by Crippen LogP contribution is 2.20. The first kappa shape index (κ1) is 13.9. The quantitative estimate of drug-likeness (QED) is 0.804. The monoisotopic (exact) mass is 248 g/mol. The molecule has 0 aromatic heterocycles. The smallest absolute Gasteiger partial charge is 0.214 e. The summed E-state index contributed by atoms with van der Waals surface area (Å²) in [7, 11) is -1.10. The summed E-state index contributed by atoms with van der Waals surface area (Å²) in [5.41, 5.74) is 0. The first-order valence-electron chi connectivity index (χ1n) is 6.02. The second kappa shape index (κ2) is 5.47. The van der Waals surface area contributed by atoms with Gasteiger partial charge in [0.05, 0.1) is 5.75 Å². The third-order valence-corrected chi connectivity index (χ3v) is 5.38. The van der Waals surface area contributed by atoms with Crippen molar-refractivity contribution in [2.24, 2.45) is 11.8 Å². The van der Waals surface area contributed by atoms with Crippen molar-refractivity contribution in [1.29, 1.82) is 0 Å². The van der Waals surface area contributed by atoms with E-state index in [1.807, 2.05) is 20.9 Å². The van der Waals surface area contributed by atoms with Crippen LogP contribution < -0.4 is 5.32 Å². The molecular formula is C11H24N2O2S. The first-order chi connectivity index (χ1) is 7.36. The number of sulfonamides is 1. The molecule has 4 nitrogen and oxygen atoms in total. The Kier molecular flexibility index (Phi) is 4.76. The van der Waals surface area contributed by atoms with Crippen molar-refractivity contribution in [3.63, 3.8) is 0 Å². The zero-order valence-corrected chi connectivity index (χ0v) is 11.5. The first-order valence-corrected chi connectivity index (χ1v) is 7.63. The molecule has 5 heteroatoms. The van der Waals surface area contributed by atoms with Gasteiger partial charge in [0.1, 0.15) is 0 Å². The lowest BCUT2D eigenvalue weighted by Crippen LogP contribution is -2.50. The van der Waals surface area contributed by atoms with E-state index >= 15 is 0 Å². The van der Waals surface area contributed by atoms with Crippen molar-refractivity contribution < 1.29 is 8.42 Å². The van der Waals surface area contributed by atoms with E-state index in [9.17, 15) is 8.42 Å². The molecule has 1 fully saturated rings. The normalized spacial score (nSPS) is 28.6. The summed E-state index contributed by atoms with van der Waals surface area (Å²) in [5.74, 6) is 0.854. The maximum atomic E-state index is 12.0. The Labute approximate surface area is 99.5 Å². The number of nitrogens with one attached hydrogen (secondary N) is 1. The molecule has 2 unspecified atom stereocenters. The number of rotatable bonds is 4. The number of piperidine rings is 1. The lowest BCUT2D eigenvalue weighted by atomic mass is 9.96. The Bertz CT molecular complexity index is 314. The van der Waals surface area contributed by atoms with Crippen molar-refractivity contribution >= 4 is 10.0 Å². The standard InChI is InChI=1S/C11H24N2O2S/c1-9(2)8-16(14,15)13-6-5-11(12-4)10(3)7-13/h9-12H,5-8H2,1-4H3. The predicted octanol–water partition coefficient (Wildman–Crippen LogP) is 0.902. The molecule has 1 saturated heterocycles. The van der Waals surface area contributed by atoms with Gasteiger partial charge in [-0.2, -0.15) is 0 Å². The summed E-state index contributed by atoms with van der Waals surface area (Å²) in [4.78, 5) is 0. The minimum Gasteiger partial charge on any atom is -0.317 e. The summed E-state index contributed by atoms with van der Waals surface area (Å²) < 4.78 is 25.7. The molecule has 1 N–H and O–H groups in total. The van der Waals surface area contributed by atoms with E-state index in [0.29, 0.717) is 25.0 Å². The molecule has 96 valence electrons. The van der Waals surface area contributed by atoms with E-state index in [1.165, 1.54) is 0 Å². The third kappa shape index (κ3) is 3.43. The molecule has 1 aliphatic rings. The average Bonchev–Trinajstić information content (AvgIpc) is 2.15. The topological polar surface area (TPSA) is 49.4 Å². The zero-order valence-electron chi connectivity index (χ0n) is 10.7. The molecule has 0 saturated carbocycles. The summed E-state index contributed by atoms with van der Waals surface area (Å²) in [6.07, 6.45) is 0.912. The Morgan fingerprint density at radius 2 is 2.06 bits per heavy atom. The highest BCUT2D eigenvalue weighted by molar-refractivity contribution is 7.89. The molecule has 2 atom stereocenters. The molecule has 0 aromatic rings. The van der Waals surface area contributed by atoms with Gasteiger partial charge < -0.3 is 5.32 Å².